The van der Waals surface area contributed by atoms with E-state index in [1.54, 1.807) is 193 Å². The van der Waals surface area contributed by atoms with Crippen LogP contribution in [0.3, 0.4) is 0 Å². The zero-order valence-electron chi connectivity index (χ0n) is 34.4. The van der Waals surface area contributed by atoms with Gasteiger partial charge < -0.3 is 0 Å². The fraction of sp³-hybridized carbons (Fsp3) is 0.720. The third kappa shape index (κ3) is 12.1. The molecule has 0 saturated heterocycles. The van der Waals surface area contributed by atoms with Crippen LogP contribution in [-0.4, -0.2) is 38.2 Å². The Kier molecular flexibility index (Phi) is 18.3. The number of hydrogen-bond donors (Lipinski definition) is 0. The van der Waals surface area contributed by atoms with E-state index < -0.39 is 13.5 Å². The number of benzene rings is 2. The van der Waals surface area contributed by atoms with Crippen LogP contribution in [0.15, 0.2) is 48.5 Å². The van der Waals surface area contributed by atoms with Gasteiger partial charge in [-0.3, -0.25) is 0 Å². The van der Waals surface area contributed by atoms with Crippen molar-refractivity contribution in [1.29, 1.82) is 0 Å². The first-order chi connectivity index (χ1) is 27.2. The molecular formula is C50H76Cl2P2Ru+2. The van der Waals surface area contributed by atoms with Crippen molar-refractivity contribution in [3.8, 4) is 11.1 Å². The van der Waals surface area contributed by atoms with E-state index in [1.165, 1.54) is 56.2 Å². The molecule has 0 bridgehead atoms. The summed E-state index contributed by atoms with van der Waals surface area (Å²) in [5, 5.41) is 0. The second-order valence-corrected chi connectivity index (χ2v) is 31.0. The van der Waals surface area contributed by atoms with Crippen LogP contribution in [0.2, 0.25) is 0 Å². The van der Waals surface area contributed by atoms with Crippen LogP contribution in [0.1, 0.15) is 204 Å². The Hall–Kier alpha value is 0.153. The van der Waals surface area contributed by atoms with Crippen LogP contribution in [0.5, 0.6) is 0 Å². The van der Waals surface area contributed by atoms with Crippen molar-refractivity contribution in [3.63, 3.8) is 0 Å². The van der Waals surface area contributed by atoms with Crippen molar-refractivity contribution in [2.45, 2.75) is 227 Å². The Morgan fingerprint density at radius 3 is 0.782 bits per heavy atom. The summed E-state index contributed by atoms with van der Waals surface area (Å²) in [6.07, 6.45) is 47.6. The summed E-state index contributed by atoms with van der Waals surface area (Å²) in [4.78, 5) is 0. The summed E-state index contributed by atoms with van der Waals surface area (Å²) in [6, 6.07) is 16.6. The summed E-state index contributed by atoms with van der Waals surface area (Å²) in [5.74, 6) is 0. The first-order valence-electron chi connectivity index (χ1n) is 23.7. The first-order valence-corrected chi connectivity index (χ1v) is 32.5. The molecule has 55 heavy (non-hydrogen) atoms. The van der Waals surface area contributed by atoms with Crippen molar-refractivity contribution in [2.75, 3.05) is 0 Å². The summed E-state index contributed by atoms with van der Waals surface area (Å²) < 4.78 is 3.24. The first kappa shape index (κ1) is 43.2. The van der Waals surface area contributed by atoms with Crippen molar-refractivity contribution in [3.05, 3.63) is 59.7 Å². The van der Waals surface area contributed by atoms with Gasteiger partial charge in [0.25, 0.3) is 0 Å². The molecule has 2 aromatic carbocycles. The van der Waals surface area contributed by atoms with Gasteiger partial charge in [-0.2, -0.15) is 0 Å². The summed E-state index contributed by atoms with van der Waals surface area (Å²) in [5.41, 5.74) is 13.3. The van der Waals surface area contributed by atoms with Gasteiger partial charge in [0.2, 0.25) is 0 Å². The van der Waals surface area contributed by atoms with E-state index >= 15 is 0 Å². The predicted molar refractivity (Wildman–Crippen MR) is 249 cm³/mol. The summed E-state index contributed by atoms with van der Waals surface area (Å²) in [6.45, 7) is 0. The van der Waals surface area contributed by atoms with Crippen molar-refractivity contribution < 1.29 is 13.5 Å². The van der Waals surface area contributed by atoms with Crippen LogP contribution in [-0.2, 0) is 13.5 Å². The molecule has 2 aromatic rings. The van der Waals surface area contributed by atoms with Gasteiger partial charge in [0.1, 0.15) is 0 Å². The quantitative estimate of drug-likeness (QED) is 0.171. The van der Waals surface area contributed by atoms with Gasteiger partial charge in [0, 0.05) is 15.8 Å². The Balaban J connectivity index is 0.000000127. The normalized spacial score (nSPS) is 23.9. The molecule has 306 valence electrons. The number of fused-ring (bicyclic) bond motifs is 3. The molecule has 7 aliphatic rings. The third-order valence-corrected chi connectivity index (χ3v) is 26.0. The molecular weight excluding hydrogens is 834 g/mol. The van der Waals surface area contributed by atoms with Crippen LogP contribution in [0.4, 0.5) is 0 Å². The van der Waals surface area contributed by atoms with Crippen molar-refractivity contribution >= 4 is 45.1 Å². The molecule has 6 fully saturated rings. The maximum absolute atomic E-state index is 5.97. The van der Waals surface area contributed by atoms with E-state index in [4.69, 9.17) is 19.4 Å². The molecule has 0 aliphatic heterocycles. The average Bonchev–Trinajstić information content (AvgIpc) is 3.56. The van der Waals surface area contributed by atoms with Crippen molar-refractivity contribution in [2.24, 2.45) is 0 Å². The molecule has 7 aliphatic carbocycles. The van der Waals surface area contributed by atoms with Gasteiger partial charge in [-0.05, 0) is 154 Å². The third-order valence-electron chi connectivity index (χ3n) is 15.3. The Morgan fingerprint density at radius 1 is 0.345 bits per heavy atom. The molecule has 0 radical (unpaired) electrons. The molecule has 0 amide bonds. The van der Waals surface area contributed by atoms with Gasteiger partial charge in [0.15, 0.2) is 0 Å². The Bertz CT molecular complexity index is 1310. The predicted octanol–water partition coefficient (Wildman–Crippen LogP) is 16.8. The van der Waals surface area contributed by atoms with Gasteiger partial charge in [-0.15, -0.1) is 0 Å². The second-order valence-electron chi connectivity index (χ2n) is 18.7. The monoisotopic (exact) mass is 910 g/mol. The van der Waals surface area contributed by atoms with Crippen LogP contribution in [0.25, 0.3) is 16.7 Å². The molecule has 0 nitrogen and oxygen atoms in total. The van der Waals surface area contributed by atoms with Gasteiger partial charge in [0.05, 0.1) is 34.0 Å². The van der Waals surface area contributed by atoms with E-state index in [0.717, 1.165) is 5.57 Å². The van der Waals surface area contributed by atoms with Crippen molar-refractivity contribution in [1.82, 2.24) is 0 Å². The minimum atomic E-state index is -1.92. The number of hydrogen-bond acceptors (Lipinski definition) is 0. The van der Waals surface area contributed by atoms with Gasteiger partial charge in [-0.1, -0.05) is 38.5 Å². The molecule has 0 spiro atoms. The molecule has 0 unspecified atom stereocenters. The summed E-state index contributed by atoms with van der Waals surface area (Å²) >= 11 is -1.92. The van der Waals surface area contributed by atoms with Gasteiger partial charge in [-0.25, -0.2) is 0 Å². The van der Waals surface area contributed by atoms with Crippen LogP contribution < -0.4 is 0 Å². The van der Waals surface area contributed by atoms with E-state index in [1.807, 2.05) is 12.1 Å². The van der Waals surface area contributed by atoms with E-state index in [0.29, 0.717) is 0 Å². The van der Waals surface area contributed by atoms with Crippen LogP contribution in [0, 0.1) is 0 Å². The average molecular weight is 911 g/mol. The van der Waals surface area contributed by atoms with Gasteiger partial charge >= 0.3 is 114 Å². The fourth-order valence-electron chi connectivity index (χ4n) is 12.8. The second kappa shape index (κ2) is 23.2. The number of halogens is 2. The molecule has 6 saturated carbocycles. The summed E-state index contributed by atoms with van der Waals surface area (Å²) in [7, 11) is 11.8. The molecule has 5 heteroatoms. The molecule has 0 aromatic heterocycles. The molecule has 0 atom stereocenters. The zero-order valence-corrected chi connectivity index (χ0v) is 39.7. The molecule has 0 N–H and O–H groups in total. The van der Waals surface area contributed by atoms with E-state index in [2.05, 4.69) is 40.7 Å². The SMILES string of the molecule is C1CCC([PH+](C2CCCCC2)C2CCCCC2)CC1.C1CCC([PH+](C2CCCCC2)C2CCCCC2)CC1.[Cl][Ru]([Cl])=[C]=C1c2ccccc2-c2ccccc21. The standard InChI is InChI=1S/2C18H33P.C14H8.2ClH.Ru/c2*1-4-10-16(11-5-1)19(17-12-6-2-7-13-17)18-14-8-3-9-15-18;1-10-11-6-2-4-8-13(11)14-9-5-3-7-12(10)14;;;/h2*16-18H,1-15H2;2-9H;2*1H;/q;;;;;+2. The molecule has 0 heterocycles. The Morgan fingerprint density at radius 2 is 0.564 bits per heavy atom. The zero-order chi connectivity index (χ0) is 37.7. The van der Waals surface area contributed by atoms with E-state index in [9.17, 15) is 0 Å². The maximum atomic E-state index is 5.97. The van der Waals surface area contributed by atoms with E-state index in [-0.39, 0.29) is 15.8 Å². The molecule has 9 rings (SSSR count). The van der Waals surface area contributed by atoms with Crippen LogP contribution >= 0.6 is 35.2 Å². The Labute approximate surface area is 353 Å². The topological polar surface area (TPSA) is 0 Å². The number of rotatable bonds is 6. The fourth-order valence-corrected chi connectivity index (χ4v) is 24.8. The minimum absolute atomic E-state index is 0.0465.